The van der Waals surface area contributed by atoms with Crippen LogP contribution in [0.3, 0.4) is 0 Å². The Labute approximate surface area is 105 Å². The van der Waals surface area contributed by atoms with E-state index in [-0.39, 0.29) is 11.6 Å². The average Bonchev–Trinajstić information content (AvgIpc) is 2.75. The Bertz CT molecular complexity index is 545. The predicted molar refractivity (Wildman–Crippen MR) is 63.7 cm³/mol. The van der Waals surface area contributed by atoms with Gasteiger partial charge in [-0.2, -0.15) is 0 Å². The topological polar surface area (TPSA) is 63.1 Å². The molecule has 1 aromatic carbocycles. The third-order valence-corrected chi connectivity index (χ3v) is 3.90. The number of carboxylic acids is 1. The van der Waals surface area contributed by atoms with Crippen molar-refractivity contribution in [2.75, 3.05) is 5.75 Å². The lowest BCUT2D eigenvalue weighted by Crippen LogP contribution is -1.96. The summed E-state index contributed by atoms with van der Waals surface area (Å²) in [5, 5.41) is 16.6. The highest BCUT2D eigenvalue weighted by Gasteiger charge is 2.11. The molecular formula is C10H7FN2O2S2. The summed E-state index contributed by atoms with van der Waals surface area (Å²) in [4.78, 5) is 10.4. The Morgan fingerprint density at radius 2 is 2.18 bits per heavy atom. The van der Waals surface area contributed by atoms with E-state index >= 15 is 0 Å². The molecule has 0 spiro atoms. The molecule has 0 radical (unpaired) electrons. The third kappa shape index (κ3) is 3.01. The van der Waals surface area contributed by atoms with Crippen molar-refractivity contribution in [3.63, 3.8) is 0 Å². The van der Waals surface area contributed by atoms with Crippen LogP contribution in [0.2, 0.25) is 0 Å². The van der Waals surface area contributed by atoms with Crippen LogP contribution in [0.5, 0.6) is 0 Å². The van der Waals surface area contributed by atoms with Gasteiger partial charge in [-0.25, -0.2) is 4.39 Å². The predicted octanol–water partition coefficient (Wildman–Crippen LogP) is 2.52. The largest absolute Gasteiger partial charge is 0.481 e. The Hall–Kier alpha value is -1.47. The Morgan fingerprint density at radius 1 is 1.41 bits per heavy atom. The first-order chi connectivity index (χ1) is 8.16. The van der Waals surface area contributed by atoms with Gasteiger partial charge in [0.25, 0.3) is 0 Å². The van der Waals surface area contributed by atoms with Crippen molar-refractivity contribution in [2.45, 2.75) is 4.34 Å². The van der Waals surface area contributed by atoms with E-state index in [9.17, 15) is 9.18 Å². The van der Waals surface area contributed by atoms with Crippen LogP contribution >= 0.6 is 23.1 Å². The molecule has 0 saturated heterocycles. The molecule has 1 aromatic heterocycles. The van der Waals surface area contributed by atoms with Crippen LogP contribution in [0, 0.1) is 5.82 Å². The molecule has 7 heteroatoms. The van der Waals surface area contributed by atoms with Gasteiger partial charge in [0.15, 0.2) is 9.35 Å². The van der Waals surface area contributed by atoms with Crippen LogP contribution in [0.15, 0.2) is 28.6 Å². The monoisotopic (exact) mass is 270 g/mol. The number of hydrogen-bond acceptors (Lipinski definition) is 5. The van der Waals surface area contributed by atoms with Gasteiger partial charge >= 0.3 is 5.97 Å². The normalized spacial score (nSPS) is 10.4. The highest BCUT2D eigenvalue weighted by molar-refractivity contribution is 8.01. The van der Waals surface area contributed by atoms with Crippen LogP contribution in [-0.4, -0.2) is 27.0 Å². The number of rotatable bonds is 4. The zero-order chi connectivity index (χ0) is 12.3. The molecular weight excluding hydrogens is 263 g/mol. The molecule has 1 N–H and O–H groups in total. The average molecular weight is 270 g/mol. The van der Waals surface area contributed by atoms with E-state index in [0.717, 1.165) is 11.8 Å². The van der Waals surface area contributed by atoms with Crippen molar-refractivity contribution in [1.29, 1.82) is 0 Å². The highest BCUT2D eigenvalue weighted by Crippen LogP contribution is 2.30. The molecule has 2 aromatic rings. The van der Waals surface area contributed by atoms with E-state index < -0.39 is 5.97 Å². The van der Waals surface area contributed by atoms with Crippen molar-refractivity contribution in [2.24, 2.45) is 0 Å². The minimum atomic E-state index is -0.919. The zero-order valence-electron chi connectivity index (χ0n) is 8.46. The number of aliphatic carboxylic acids is 1. The van der Waals surface area contributed by atoms with Gasteiger partial charge < -0.3 is 5.11 Å². The second-order valence-corrected chi connectivity index (χ2v) is 5.24. The maximum absolute atomic E-state index is 13.4. The number of thioether (sulfide) groups is 1. The first-order valence-corrected chi connectivity index (χ1v) is 6.40. The van der Waals surface area contributed by atoms with Gasteiger partial charge in [0.1, 0.15) is 5.82 Å². The molecule has 0 aliphatic rings. The van der Waals surface area contributed by atoms with Gasteiger partial charge in [0, 0.05) is 5.56 Å². The van der Waals surface area contributed by atoms with Crippen molar-refractivity contribution in [1.82, 2.24) is 10.2 Å². The van der Waals surface area contributed by atoms with Gasteiger partial charge in [-0.3, -0.25) is 4.79 Å². The maximum atomic E-state index is 13.4. The number of carbonyl (C=O) groups is 1. The number of aromatic nitrogens is 2. The van der Waals surface area contributed by atoms with Gasteiger partial charge in [-0.05, 0) is 12.1 Å². The first kappa shape index (κ1) is 12.0. The van der Waals surface area contributed by atoms with E-state index in [1.807, 2.05) is 0 Å². The van der Waals surface area contributed by atoms with E-state index in [2.05, 4.69) is 10.2 Å². The van der Waals surface area contributed by atoms with Gasteiger partial charge in [0.2, 0.25) is 0 Å². The summed E-state index contributed by atoms with van der Waals surface area (Å²) in [5.41, 5.74) is 0.382. The van der Waals surface area contributed by atoms with Gasteiger partial charge in [-0.15, -0.1) is 10.2 Å². The molecule has 2 rings (SSSR count). The fourth-order valence-corrected chi connectivity index (χ4v) is 2.73. The quantitative estimate of drug-likeness (QED) is 0.865. The molecule has 0 fully saturated rings. The van der Waals surface area contributed by atoms with E-state index in [0.29, 0.717) is 14.9 Å². The molecule has 0 atom stereocenters. The highest BCUT2D eigenvalue weighted by atomic mass is 32.2. The number of carboxylic acid groups (broad SMARTS) is 1. The Balaban J connectivity index is 2.18. The number of halogens is 1. The molecule has 0 unspecified atom stereocenters. The van der Waals surface area contributed by atoms with Crippen molar-refractivity contribution in [3.8, 4) is 10.6 Å². The zero-order valence-corrected chi connectivity index (χ0v) is 10.1. The Kier molecular flexibility index (Phi) is 3.70. The maximum Gasteiger partial charge on any atom is 0.313 e. The van der Waals surface area contributed by atoms with Crippen molar-refractivity contribution in [3.05, 3.63) is 30.1 Å². The molecule has 0 bridgehead atoms. The van der Waals surface area contributed by atoms with Crippen LogP contribution < -0.4 is 0 Å². The van der Waals surface area contributed by atoms with Crippen molar-refractivity contribution >= 4 is 29.1 Å². The summed E-state index contributed by atoms with van der Waals surface area (Å²) in [7, 11) is 0. The summed E-state index contributed by atoms with van der Waals surface area (Å²) in [5.74, 6) is -1.36. The lowest BCUT2D eigenvalue weighted by Gasteiger charge is -1.95. The summed E-state index contributed by atoms with van der Waals surface area (Å²) in [6.45, 7) is 0. The van der Waals surface area contributed by atoms with E-state index in [4.69, 9.17) is 5.11 Å². The lowest BCUT2D eigenvalue weighted by molar-refractivity contribution is -0.133. The van der Waals surface area contributed by atoms with Crippen LogP contribution in [0.25, 0.3) is 10.6 Å². The molecule has 0 aliphatic carbocycles. The first-order valence-electron chi connectivity index (χ1n) is 4.60. The summed E-state index contributed by atoms with van der Waals surface area (Å²) < 4.78 is 14.0. The Morgan fingerprint density at radius 3 is 2.88 bits per heavy atom. The molecule has 0 aliphatic heterocycles. The van der Waals surface area contributed by atoms with Crippen LogP contribution in [-0.2, 0) is 4.79 Å². The smallest absolute Gasteiger partial charge is 0.313 e. The van der Waals surface area contributed by atoms with Crippen LogP contribution in [0.4, 0.5) is 4.39 Å². The molecule has 0 amide bonds. The molecule has 4 nitrogen and oxygen atoms in total. The second kappa shape index (κ2) is 5.24. The standard InChI is InChI=1S/C10H7FN2O2S2/c11-7-4-2-1-3-6(7)9-12-13-10(17-9)16-5-8(14)15/h1-4H,5H2,(H,14,15). The molecule has 1 heterocycles. The third-order valence-electron chi connectivity index (χ3n) is 1.83. The molecule has 0 saturated carbocycles. The fourth-order valence-electron chi connectivity index (χ4n) is 1.14. The van der Waals surface area contributed by atoms with E-state index in [1.165, 1.54) is 17.4 Å². The summed E-state index contributed by atoms with van der Waals surface area (Å²) >= 11 is 2.25. The molecule has 17 heavy (non-hydrogen) atoms. The van der Waals surface area contributed by atoms with Crippen molar-refractivity contribution < 1.29 is 14.3 Å². The summed E-state index contributed by atoms with van der Waals surface area (Å²) in [6.07, 6.45) is 0. The fraction of sp³-hybridized carbons (Fsp3) is 0.100. The van der Waals surface area contributed by atoms with Gasteiger partial charge in [0.05, 0.1) is 5.75 Å². The number of benzene rings is 1. The summed E-state index contributed by atoms with van der Waals surface area (Å²) in [6, 6.07) is 6.27. The lowest BCUT2D eigenvalue weighted by atomic mass is 10.2. The van der Waals surface area contributed by atoms with Crippen LogP contribution in [0.1, 0.15) is 0 Å². The minimum absolute atomic E-state index is 0.0775. The van der Waals surface area contributed by atoms with E-state index in [1.54, 1.807) is 18.2 Å². The number of hydrogen-bond donors (Lipinski definition) is 1. The number of nitrogens with zero attached hydrogens (tertiary/aromatic N) is 2. The SMILES string of the molecule is O=C(O)CSc1nnc(-c2ccccc2F)s1. The second-order valence-electron chi connectivity index (χ2n) is 3.04. The molecule has 88 valence electrons. The minimum Gasteiger partial charge on any atom is -0.481 e. The van der Waals surface area contributed by atoms with Gasteiger partial charge in [-0.1, -0.05) is 35.2 Å².